The minimum absolute atomic E-state index is 0.0966. The lowest BCUT2D eigenvalue weighted by molar-refractivity contribution is -0.134. The highest BCUT2D eigenvalue weighted by atomic mass is 16.4. The van der Waals surface area contributed by atoms with Crippen molar-refractivity contribution in [2.24, 2.45) is 5.73 Å². The van der Waals surface area contributed by atoms with Gasteiger partial charge in [0.1, 0.15) is 5.75 Å². The van der Waals surface area contributed by atoms with E-state index < -0.39 is 5.97 Å². The molecule has 1 aromatic rings. The number of phenolic OH excluding ortho intramolecular Hbond substituents is 1. The molecule has 17 heavy (non-hydrogen) atoms. The maximum atomic E-state index is 11.1. The first-order chi connectivity index (χ1) is 7.92. The molecule has 92 valence electrons. The zero-order chi connectivity index (χ0) is 13.4. The van der Waals surface area contributed by atoms with Gasteiger partial charge in [-0.3, -0.25) is 14.4 Å². The number of carbonyl (C=O) groups excluding carboxylic acids is 2. The van der Waals surface area contributed by atoms with Gasteiger partial charge in [-0.2, -0.15) is 0 Å². The molecule has 0 radical (unpaired) electrons. The van der Waals surface area contributed by atoms with Gasteiger partial charge in [-0.25, -0.2) is 0 Å². The number of carboxylic acids is 1. The predicted octanol–water partition coefficient (Wildman–Crippen LogP) is 0.437. The Bertz CT molecular complexity index is 424. The molecule has 0 spiro atoms. The first kappa shape index (κ1) is 14.8. The van der Waals surface area contributed by atoms with Crippen LogP contribution in [0.3, 0.4) is 0 Å². The summed E-state index contributed by atoms with van der Waals surface area (Å²) in [5, 5.41) is 16.5. The van der Waals surface area contributed by atoms with E-state index in [0.717, 1.165) is 6.92 Å². The molecule has 0 fully saturated rings. The number of hydrogen-bond donors (Lipinski definition) is 3. The van der Waals surface area contributed by atoms with Crippen molar-refractivity contribution in [1.82, 2.24) is 0 Å². The summed E-state index contributed by atoms with van der Waals surface area (Å²) in [6.07, 6.45) is 0.489. The molecule has 0 amide bonds. The van der Waals surface area contributed by atoms with Crippen molar-refractivity contribution in [2.75, 3.05) is 6.54 Å². The lowest BCUT2D eigenvalue weighted by Crippen LogP contribution is -2.13. The average Bonchev–Trinajstić information content (AvgIpc) is 2.28. The van der Waals surface area contributed by atoms with Crippen LogP contribution in [-0.2, 0) is 4.79 Å². The van der Waals surface area contributed by atoms with Gasteiger partial charge in [0.2, 0.25) is 0 Å². The summed E-state index contributed by atoms with van der Waals surface area (Å²) in [5.74, 6) is -1.23. The fraction of sp³-hybridized carbons (Fsp3) is 0.182. The lowest BCUT2D eigenvalue weighted by Gasteiger charge is -2.00. The number of rotatable bonds is 3. The molecule has 0 aliphatic rings. The van der Waals surface area contributed by atoms with E-state index in [-0.39, 0.29) is 23.6 Å². The Morgan fingerprint density at radius 1 is 1.41 bits per heavy atom. The number of aliphatic carboxylic acids is 1. The van der Waals surface area contributed by atoms with Crippen molar-refractivity contribution < 1.29 is 24.6 Å². The fourth-order valence-electron chi connectivity index (χ4n) is 0.940. The summed E-state index contributed by atoms with van der Waals surface area (Å²) >= 11 is 0. The van der Waals surface area contributed by atoms with Crippen LogP contribution < -0.4 is 5.73 Å². The van der Waals surface area contributed by atoms with Gasteiger partial charge in [-0.05, 0) is 18.2 Å². The molecule has 0 heterocycles. The molecule has 4 N–H and O–H groups in total. The molecule has 0 unspecified atom stereocenters. The van der Waals surface area contributed by atoms with Gasteiger partial charge in [-0.15, -0.1) is 0 Å². The smallest absolute Gasteiger partial charge is 0.300 e. The highest BCUT2D eigenvalue weighted by Gasteiger charge is 2.06. The molecule has 0 saturated carbocycles. The number of aromatic hydroxyl groups is 1. The number of aldehydes is 1. The van der Waals surface area contributed by atoms with Crippen LogP contribution in [0.5, 0.6) is 5.75 Å². The molecule has 0 atom stereocenters. The van der Waals surface area contributed by atoms with E-state index in [1.165, 1.54) is 18.2 Å². The number of ketones is 1. The Balaban J connectivity index is 0.000000557. The largest absolute Gasteiger partial charge is 0.507 e. The molecule has 0 aliphatic carbocycles. The second kappa shape index (κ2) is 7.13. The Morgan fingerprint density at radius 2 is 1.94 bits per heavy atom. The summed E-state index contributed by atoms with van der Waals surface area (Å²) < 4.78 is 0. The topological polar surface area (TPSA) is 118 Å². The predicted molar refractivity (Wildman–Crippen MR) is 60.2 cm³/mol. The monoisotopic (exact) mass is 239 g/mol. The molecule has 0 aliphatic heterocycles. The second-order valence-electron chi connectivity index (χ2n) is 3.04. The van der Waals surface area contributed by atoms with Crippen molar-refractivity contribution in [3.63, 3.8) is 0 Å². The van der Waals surface area contributed by atoms with Gasteiger partial charge in [0, 0.05) is 12.5 Å². The van der Waals surface area contributed by atoms with Crippen LogP contribution in [0.25, 0.3) is 0 Å². The molecule has 0 bridgehead atoms. The SMILES string of the molecule is CC(=O)O.NCC(=O)c1ccc(O)c(C=O)c1. The van der Waals surface area contributed by atoms with Crippen molar-refractivity contribution >= 4 is 18.0 Å². The van der Waals surface area contributed by atoms with Crippen LogP contribution >= 0.6 is 0 Å². The van der Waals surface area contributed by atoms with Crippen LogP contribution in [0, 0.1) is 0 Å². The first-order valence-corrected chi connectivity index (χ1v) is 4.63. The molecule has 1 rings (SSSR count). The zero-order valence-electron chi connectivity index (χ0n) is 9.21. The van der Waals surface area contributed by atoms with Crippen molar-refractivity contribution in [3.8, 4) is 5.75 Å². The summed E-state index contributed by atoms with van der Waals surface area (Å²) in [7, 11) is 0. The van der Waals surface area contributed by atoms with Gasteiger partial charge in [-0.1, -0.05) is 0 Å². The fourth-order valence-corrected chi connectivity index (χ4v) is 0.940. The summed E-state index contributed by atoms with van der Waals surface area (Å²) in [5.41, 5.74) is 5.57. The van der Waals surface area contributed by atoms with Gasteiger partial charge in [0.15, 0.2) is 12.1 Å². The number of carbonyl (C=O) groups is 3. The number of nitrogens with two attached hydrogens (primary N) is 1. The van der Waals surface area contributed by atoms with E-state index in [4.69, 9.17) is 20.7 Å². The van der Waals surface area contributed by atoms with Crippen LogP contribution in [0.1, 0.15) is 27.6 Å². The lowest BCUT2D eigenvalue weighted by atomic mass is 10.1. The number of phenols is 1. The third kappa shape index (κ3) is 5.43. The van der Waals surface area contributed by atoms with E-state index in [9.17, 15) is 9.59 Å². The van der Waals surface area contributed by atoms with Crippen LogP contribution in [0.2, 0.25) is 0 Å². The average molecular weight is 239 g/mol. The summed E-state index contributed by atoms with van der Waals surface area (Å²) in [6.45, 7) is 0.975. The minimum atomic E-state index is -0.833. The van der Waals surface area contributed by atoms with E-state index in [1.807, 2.05) is 0 Å². The second-order valence-corrected chi connectivity index (χ2v) is 3.04. The molecule has 0 saturated heterocycles. The van der Waals surface area contributed by atoms with E-state index in [1.54, 1.807) is 0 Å². The molecule has 6 nitrogen and oxygen atoms in total. The Labute approximate surface area is 97.7 Å². The number of hydrogen-bond acceptors (Lipinski definition) is 5. The van der Waals surface area contributed by atoms with Gasteiger partial charge in [0.25, 0.3) is 5.97 Å². The Hall–Kier alpha value is -2.21. The Morgan fingerprint density at radius 3 is 2.35 bits per heavy atom. The number of Topliss-reactive ketones (excluding diaryl/α,β-unsaturated/α-hetero) is 1. The van der Waals surface area contributed by atoms with Gasteiger partial charge >= 0.3 is 0 Å². The van der Waals surface area contributed by atoms with Crippen LogP contribution in [0.15, 0.2) is 18.2 Å². The van der Waals surface area contributed by atoms with E-state index in [0.29, 0.717) is 11.8 Å². The normalized spacial score (nSPS) is 8.82. The molecule has 6 heteroatoms. The summed E-state index contributed by atoms with van der Waals surface area (Å²) in [4.78, 5) is 30.5. The van der Waals surface area contributed by atoms with Crippen LogP contribution in [0.4, 0.5) is 0 Å². The number of benzene rings is 1. The zero-order valence-corrected chi connectivity index (χ0v) is 9.21. The third-order valence-electron chi connectivity index (χ3n) is 1.66. The minimum Gasteiger partial charge on any atom is -0.507 e. The molecule has 1 aromatic carbocycles. The molecule has 0 aromatic heterocycles. The van der Waals surface area contributed by atoms with Crippen molar-refractivity contribution in [3.05, 3.63) is 29.3 Å². The van der Waals surface area contributed by atoms with E-state index >= 15 is 0 Å². The quantitative estimate of drug-likeness (QED) is 0.520. The Kier molecular flexibility index (Phi) is 6.20. The summed E-state index contributed by atoms with van der Waals surface area (Å²) in [6, 6.07) is 4.04. The standard InChI is InChI=1S/C9H9NO3.C2H4O2/c10-4-9(13)6-1-2-8(12)7(3-6)5-11;1-2(3)4/h1-3,5,12H,4,10H2;1H3,(H,3,4). The van der Waals surface area contributed by atoms with Crippen molar-refractivity contribution in [1.29, 1.82) is 0 Å². The van der Waals surface area contributed by atoms with Crippen molar-refractivity contribution in [2.45, 2.75) is 6.92 Å². The highest BCUT2D eigenvalue weighted by molar-refractivity contribution is 5.99. The van der Waals surface area contributed by atoms with E-state index in [2.05, 4.69) is 0 Å². The highest BCUT2D eigenvalue weighted by Crippen LogP contribution is 2.16. The third-order valence-corrected chi connectivity index (χ3v) is 1.66. The molecular formula is C11H13NO5. The van der Waals surface area contributed by atoms with Gasteiger partial charge in [0.05, 0.1) is 12.1 Å². The number of carboxylic acid groups (broad SMARTS) is 1. The van der Waals surface area contributed by atoms with Crippen LogP contribution in [-0.4, -0.2) is 34.8 Å². The first-order valence-electron chi connectivity index (χ1n) is 4.63. The maximum Gasteiger partial charge on any atom is 0.300 e. The maximum absolute atomic E-state index is 11.1. The molecular weight excluding hydrogens is 226 g/mol. The van der Waals surface area contributed by atoms with Gasteiger partial charge < -0.3 is 15.9 Å².